The van der Waals surface area contributed by atoms with Crippen molar-refractivity contribution in [1.29, 1.82) is 0 Å². The van der Waals surface area contributed by atoms with Gasteiger partial charge in [0.2, 0.25) is 10.0 Å². The third-order valence-electron chi connectivity index (χ3n) is 2.96. The van der Waals surface area contributed by atoms with E-state index in [1.807, 2.05) is 10.8 Å². The molecule has 0 bridgehead atoms. The quantitative estimate of drug-likeness (QED) is 0.814. The van der Waals surface area contributed by atoms with Gasteiger partial charge in [-0.2, -0.15) is 0 Å². The maximum Gasteiger partial charge on any atom is 0.250 e. The minimum Gasteiger partial charge on any atom is -0.310 e. The van der Waals surface area contributed by atoms with Gasteiger partial charge in [0.25, 0.3) is 0 Å². The molecule has 3 rings (SSSR count). The summed E-state index contributed by atoms with van der Waals surface area (Å²) in [5, 5.41) is 7.87. The normalized spacial score (nSPS) is 15.6. The van der Waals surface area contributed by atoms with Crippen LogP contribution in [0, 0.1) is 0 Å². The number of thiophene rings is 1. The summed E-state index contributed by atoms with van der Waals surface area (Å²) in [6.45, 7) is 0.983. The molecule has 0 aromatic carbocycles. The lowest BCUT2D eigenvalue weighted by Crippen LogP contribution is -2.22. The Kier molecular flexibility index (Phi) is 4.18. The van der Waals surface area contributed by atoms with Gasteiger partial charge >= 0.3 is 0 Å². The molecule has 0 unspecified atom stereocenters. The van der Waals surface area contributed by atoms with Gasteiger partial charge in [-0.1, -0.05) is 0 Å². The third-order valence-corrected chi connectivity index (χ3v) is 6.63. The fourth-order valence-electron chi connectivity index (χ4n) is 1.70. The Morgan fingerprint density at radius 3 is 2.85 bits per heavy atom. The average molecular weight is 329 g/mol. The van der Waals surface area contributed by atoms with Crippen molar-refractivity contribution in [2.75, 3.05) is 0 Å². The molecule has 8 heteroatoms. The molecule has 1 aliphatic rings. The number of aromatic nitrogens is 1. The molecule has 2 aromatic heterocycles. The van der Waals surface area contributed by atoms with Crippen molar-refractivity contribution in [3.63, 3.8) is 0 Å². The number of nitrogens with one attached hydrogen (secondary N) is 2. The molecular formula is C12H15N3O2S3. The van der Waals surface area contributed by atoms with E-state index in [2.05, 4.69) is 15.0 Å². The highest BCUT2D eigenvalue weighted by atomic mass is 32.2. The van der Waals surface area contributed by atoms with Gasteiger partial charge in [-0.3, -0.25) is 0 Å². The summed E-state index contributed by atoms with van der Waals surface area (Å²) in [6.07, 6.45) is 4.12. The second-order valence-corrected chi connectivity index (χ2v) is 8.56. The number of sulfonamides is 1. The SMILES string of the molecule is O=S(=O)(NCc1nccs1)c1cc(CNC2CC2)cs1. The van der Waals surface area contributed by atoms with Crippen molar-refractivity contribution >= 4 is 32.7 Å². The fourth-order valence-corrected chi connectivity index (χ4v) is 4.59. The lowest BCUT2D eigenvalue weighted by Gasteiger charge is -2.02. The summed E-state index contributed by atoms with van der Waals surface area (Å²) in [7, 11) is -3.43. The number of hydrogen-bond donors (Lipinski definition) is 2. The van der Waals surface area contributed by atoms with E-state index in [1.54, 1.807) is 12.3 Å². The molecule has 108 valence electrons. The van der Waals surface area contributed by atoms with E-state index >= 15 is 0 Å². The summed E-state index contributed by atoms with van der Waals surface area (Å²) in [4.78, 5) is 4.06. The second kappa shape index (κ2) is 5.90. The lowest BCUT2D eigenvalue weighted by atomic mass is 10.3. The maximum absolute atomic E-state index is 12.1. The van der Waals surface area contributed by atoms with Crippen LogP contribution in [0.1, 0.15) is 23.4 Å². The Labute approximate surface area is 126 Å². The maximum atomic E-state index is 12.1. The molecule has 0 spiro atoms. The smallest absolute Gasteiger partial charge is 0.250 e. The summed E-state index contributed by atoms with van der Waals surface area (Å²) in [5.41, 5.74) is 1.02. The standard InChI is InChI=1S/C12H15N3O2S3/c16-20(17,15-7-11-13-3-4-18-11)12-5-9(8-19-12)6-14-10-1-2-10/h3-5,8,10,14-15H,1-2,6-7H2. The molecule has 0 aliphatic heterocycles. The van der Waals surface area contributed by atoms with E-state index in [-0.39, 0.29) is 6.54 Å². The largest absolute Gasteiger partial charge is 0.310 e. The Balaban J connectivity index is 1.61. The zero-order valence-electron chi connectivity index (χ0n) is 10.7. The predicted octanol–water partition coefficient (Wildman–Crippen LogP) is 1.94. The molecule has 0 radical (unpaired) electrons. The van der Waals surface area contributed by atoms with Crippen molar-refractivity contribution in [3.8, 4) is 0 Å². The van der Waals surface area contributed by atoms with Crippen molar-refractivity contribution in [2.45, 2.75) is 36.2 Å². The highest BCUT2D eigenvalue weighted by Gasteiger charge is 2.21. The minimum absolute atomic E-state index is 0.244. The molecule has 2 heterocycles. The van der Waals surface area contributed by atoms with Crippen LogP contribution in [-0.2, 0) is 23.1 Å². The van der Waals surface area contributed by atoms with E-state index in [0.29, 0.717) is 10.3 Å². The molecule has 0 amide bonds. The van der Waals surface area contributed by atoms with Gasteiger partial charge in [-0.25, -0.2) is 18.1 Å². The zero-order valence-corrected chi connectivity index (χ0v) is 13.2. The highest BCUT2D eigenvalue weighted by Crippen LogP contribution is 2.23. The van der Waals surface area contributed by atoms with Crippen LogP contribution in [0.5, 0.6) is 0 Å². The van der Waals surface area contributed by atoms with Gasteiger partial charge in [0.05, 0.1) is 6.54 Å². The molecule has 0 saturated heterocycles. The first-order valence-electron chi connectivity index (χ1n) is 6.32. The zero-order chi connectivity index (χ0) is 14.0. The van der Waals surface area contributed by atoms with E-state index in [1.165, 1.54) is 35.5 Å². The minimum atomic E-state index is -3.43. The monoisotopic (exact) mass is 329 g/mol. The molecule has 5 nitrogen and oxygen atoms in total. The van der Waals surface area contributed by atoms with Crippen LogP contribution in [0.15, 0.2) is 27.2 Å². The van der Waals surface area contributed by atoms with Crippen LogP contribution < -0.4 is 10.0 Å². The number of hydrogen-bond acceptors (Lipinski definition) is 6. The van der Waals surface area contributed by atoms with Gasteiger partial charge < -0.3 is 5.32 Å². The Hall–Kier alpha value is -0.800. The number of nitrogens with zero attached hydrogens (tertiary/aromatic N) is 1. The summed E-state index contributed by atoms with van der Waals surface area (Å²) in [5.74, 6) is 0. The van der Waals surface area contributed by atoms with Crippen LogP contribution in [0.25, 0.3) is 0 Å². The van der Waals surface area contributed by atoms with E-state index < -0.39 is 10.0 Å². The molecular weight excluding hydrogens is 314 g/mol. The van der Waals surface area contributed by atoms with E-state index in [4.69, 9.17) is 0 Å². The summed E-state index contributed by atoms with van der Waals surface area (Å²) >= 11 is 2.70. The summed E-state index contributed by atoms with van der Waals surface area (Å²) < 4.78 is 27.2. The molecule has 0 atom stereocenters. The first-order valence-corrected chi connectivity index (χ1v) is 9.56. The lowest BCUT2D eigenvalue weighted by molar-refractivity contribution is 0.583. The van der Waals surface area contributed by atoms with Gasteiger partial charge in [-0.15, -0.1) is 22.7 Å². The molecule has 1 saturated carbocycles. The number of rotatable bonds is 7. The first-order chi connectivity index (χ1) is 9.63. The second-order valence-electron chi connectivity index (χ2n) is 4.68. The van der Waals surface area contributed by atoms with Crippen LogP contribution >= 0.6 is 22.7 Å². The van der Waals surface area contributed by atoms with Crippen LogP contribution in [0.3, 0.4) is 0 Å². The highest BCUT2D eigenvalue weighted by molar-refractivity contribution is 7.91. The summed E-state index contributed by atoms with van der Waals surface area (Å²) in [6, 6.07) is 2.36. The molecule has 1 fully saturated rings. The van der Waals surface area contributed by atoms with E-state index in [0.717, 1.165) is 17.1 Å². The van der Waals surface area contributed by atoms with Gasteiger partial charge in [0, 0.05) is 24.2 Å². The van der Waals surface area contributed by atoms with Crippen LogP contribution in [-0.4, -0.2) is 19.4 Å². The molecule has 20 heavy (non-hydrogen) atoms. The number of thiazole rings is 1. The Morgan fingerprint density at radius 1 is 1.30 bits per heavy atom. The van der Waals surface area contributed by atoms with Crippen molar-refractivity contribution in [2.24, 2.45) is 0 Å². The third kappa shape index (κ3) is 3.64. The van der Waals surface area contributed by atoms with Crippen molar-refractivity contribution < 1.29 is 8.42 Å². The van der Waals surface area contributed by atoms with Gasteiger partial charge in [0.15, 0.2) is 0 Å². The average Bonchev–Trinajstić information content (AvgIpc) is 2.94. The molecule has 2 aromatic rings. The fraction of sp³-hybridized carbons (Fsp3) is 0.417. The van der Waals surface area contributed by atoms with Crippen molar-refractivity contribution in [1.82, 2.24) is 15.0 Å². The topological polar surface area (TPSA) is 71.1 Å². The predicted molar refractivity (Wildman–Crippen MR) is 80.3 cm³/mol. The van der Waals surface area contributed by atoms with Gasteiger partial charge in [-0.05, 0) is 29.9 Å². The van der Waals surface area contributed by atoms with Crippen LogP contribution in [0.4, 0.5) is 0 Å². The molecule has 1 aliphatic carbocycles. The Bertz CT molecular complexity index is 660. The van der Waals surface area contributed by atoms with E-state index in [9.17, 15) is 8.42 Å². The van der Waals surface area contributed by atoms with Gasteiger partial charge in [0.1, 0.15) is 9.22 Å². The van der Waals surface area contributed by atoms with Crippen LogP contribution in [0.2, 0.25) is 0 Å². The first kappa shape index (κ1) is 14.2. The van der Waals surface area contributed by atoms with Crippen molar-refractivity contribution in [3.05, 3.63) is 33.6 Å². The molecule has 2 N–H and O–H groups in total. The Morgan fingerprint density at radius 2 is 2.15 bits per heavy atom.